The van der Waals surface area contributed by atoms with Crippen LogP contribution >= 0.6 is 11.6 Å². The number of amides is 1. The van der Waals surface area contributed by atoms with E-state index >= 15 is 0 Å². The SMILES string of the molecule is CN(C)c1cccc(CNC(=O)CCNS(=O)(=O)c2cccc(Cl)c2)c1. The van der Waals surface area contributed by atoms with Gasteiger partial charge >= 0.3 is 0 Å². The molecule has 8 heteroatoms. The number of carbonyl (C=O) groups is 1. The van der Waals surface area contributed by atoms with Crippen molar-refractivity contribution in [3.63, 3.8) is 0 Å². The molecule has 0 saturated heterocycles. The van der Waals surface area contributed by atoms with Crippen LogP contribution in [0.5, 0.6) is 0 Å². The average Bonchev–Trinajstić information content (AvgIpc) is 2.60. The van der Waals surface area contributed by atoms with Gasteiger partial charge in [-0.3, -0.25) is 4.79 Å². The molecule has 26 heavy (non-hydrogen) atoms. The molecule has 140 valence electrons. The van der Waals surface area contributed by atoms with Gasteiger partial charge in [-0.25, -0.2) is 13.1 Å². The Kier molecular flexibility index (Phi) is 7.02. The Hall–Kier alpha value is -2.09. The molecule has 0 unspecified atom stereocenters. The summed E-state index contributed by atoms with van der Waals surface area (Å²) in [5.41, 5.74) is 2.02. The van der Waals surface area contributed by atoms with Gasteiger partial charge in [0.15, 0.2) is 0 Å². The monoisotopic (exact) mass is 395 g/mol. The van der Waals surface area contributed by atoms with Gasteiger partial charge in [0.05, 0.1) is 4.90 Å². The number of halogens is 1. The Morgan fingerprint density at radius 2 is 1.85 bits per heavy atom. The zero-order valence-corrected chi connectivity index (χ0v) is 16.3. The van der Waals surface area contributed by atoms with Crippen molar-refractivity contribution >= 4 is 33.2 Å². The maximum Gasteiger partial charge on any atom is 0.240 e. The predicted octanol–water partition coefficient (Wildman–Crippen LogP) is 2.39. The van der Waals surface area contributed by atoms with Crippen LogP contribution in [0.1, 0.15) is 12.0 Å². The van der Waals surface area contributed by atoms with Crippen molar-refractivity contribution in [3.8, 4) is 0 Å². The van der Waals surface area contributed by atoms with E-state index in [1.165, 1.54) is 12.1 Å². The summed E-state index contributed by atoms with van der Waals surface area (Å²) in [4.78, 5) is 14.0. The number of anilines is 1. The summed E-state index contributed by atoms with van der Waals surface area (Å²) >= 11 is 5.81. The van der Waals surface area contributed by atoms with E-state index in [1.807, 2.05) is 43.3 Å². The van der Waals surface area contributed by atoms with Crippen molar-refractivity contribution < 1.29 is 13.2 Å². The summed E-state index contributed by atoms with van der Waals surface area (Å²) in [5.74, 6) is -0.228. The standard InChI is InChI=1S/C18H22ClN3O3S/c1-22(2)16-7-3-5-14(11-16)13-20-18(23)9-10-21-26(24,25)17-8-4-6-15(19)12-17/h3-8,11-12,21H,9-10,13H2,1-2H3,(H,20,23). The minimum Gasteiger partial charge on any atom is -0.378 e. The smallest absolute Gasteiger partial charge is 0.240 e. The molecule has 2 rings (SSSR count). The Bertz CT molecular complexity index is 869. The third-order valence-corrected chi connectivity index (χ3v) is 5.36. The third-order valence-electron chi connectivity index (χ3n) is 3.67. The highest BCUT2D eigenvalue weighted by Crippen LogP contribution is 2.15. The fraction of sp³-hybridized carbons (Fsp3) is 0.278. The number of hydrogen-bond donors (Lipinski definition) is 2. The lowest BCUT2D eigenvalue weighted by Crippen LogP contribution is -2.30. The highest BCUT2D eigenvalue weighted by molar-refractivity contribution is 7.89. The second kappa shape index (κ2) is 9.02. The van der Waals surface area contributed by atoms with Crippen molar-refractivity contribution in [2.75, 3.05) is 25.5 Å². The highest BCUT2D eigenvalue weighted by atomic mass is 35.5. The van der Waals surface area contributed by atoms with Crippen molar-refractivity contribution in [1.29, 1.82) is 0 Å². The van der Waals surface area contributed by atoms with Crippen LogP contribution in [0.2, 0.25) is 5.02 Å². The lowest BCUT2D eigenvalue weighted by Gasteiger charge is -2.14. The summed E-state index contributed by atoms with van der Waals surface area (Å²) in [6.07, 6.45) is 0.0488. The topological polar surface area (TPSA) is 78.5 Å². The first-order chi connectivity index (χ1) is 12.3. The zero-order chi connectivity index (χ0) is 19.2. The number of nitrogens with zero attached hydrogens (tertiary/aromatic N) is 1. The van der Waals surface area contributed by atoms with Gasteiger partial charge < -0.3 is 10.2 Å². The van der Waals surface area contributed by atoms with Crippen molar-refractivity contribution in [3.05, 3.63) is 59.1 Å². The molecule has 0 aliphatic heterocycles. The fourth-order valence-corrected chi connectivity index (χ4v) is 3.58. The van der Waals surface area contributed by atoms with E-state index in [9.17, 15) is 13.2 Å². The van der Waals surface area contributed by atoms with E-state index in [0.29, 0.717) is 11.6 Å². The van der Waals surface area contributed by atoms with E-state index in [1.54, 1.807) is 12.1 Å². The van der Waals surface area contributed by atoms with Crippen LogP contribution in [0.3, 0.4) is 0 Å². The highest BCUT2D eigenvalue weighted by Gasteiger charge is 2.14. The minimum atomic E-state index is -3.68. The number of hydrogen-bond acceptors (Lipinski definition) is 4. The van der Waals surface area contributed by atoms with E-state index < -0.39 is 10.0 Å². The average molecular weight is 396 g/mol. The lowest BCUT2D eigenvalue weighted by atomic mass is 10.2. The molecule has 0 saturated carbocycles. The molecule has 6 nitrogen and oxygen atoms in total. The first-order valence-corrected chi connectivity index (χ1v) is 9.92. The maximum absolute atomic E-state index is 12.1. The third kappa shape index (κ3) is 6.01. The van der Waals surface area contributed by atoms with Gasteiger partial charge in [-0.15, -0.1) is 0 Å². The van der Waals surface area contributed by atoms with Gasteiger partial charge in [0, 0.05) is 44.3 Å². The van der Waals surface area contributed by atoms with Gasteiger partial charge in [0.2, 0.25) is 15.9 Å². The molecule has 2 aromatic rings. The lowest BCUT2D eigenvalue weighted by molar-refractivity contribution is -0.121. The molecular formula is C18H22ClN3O3S. The molecule has 0 heterocycles. The number of nitrogens with one attached hydrogen (secondary N) is 2. The molecular weight excluding hydrogens is 374 g/mol. The molecule has 2 aromatic carbocycles. The minimum absolute atomic E-state index is 0.0123. The molecule has 1 amide bonds. The van der Waals surface area contributed by atoms with Crippen LogP contribution < -0.4 is 14.9 Å². The van der Waals surface area contributed by atoms with Gasteiger partial charge in [-0.1, -0.05) is 29.8 Å². The maximum atomic E-state index is 12.1. The van der Waals surface area contributed by atoms with Crippen molar-refractivity contribution in [2.24, 2.45) is 0 Å². The van der Waals surface area contributed by atoms with Crippen molar-refractivity contribution in [2.45, 2.75) is 17.9 Å². The fourth-order valence-electron chi connectivity index (χ4n) is 2.25. The molecule has 0 aliphatic carbocycles. The number of sulfonamides is 1. The van der Waals surface area contributed by atoms with E-state index in [4.69, 9.17) is 11.6 Å². The molecule has 0 spiro atoms. The molecule has 0 radical (unpaired) electrons. The normalized spacial score (nSPS) is 11.2. The molecule has 0 bridgehead atoms. The van der Waals surface area contributed by atoms with E-state index in [-0.39, 0.29) is 23.8 Å². The molecule has 0 aromatic heterocycles. The second-order valence-corrected chi connectivity index (χ2v) is 8.15. The second-order valence-electron chi connectivity index (χ2n) is 5.95. The van der Waals surface area contributed by atoms with Crippen LogP contribution in [0, 0.1) is 0 Å². The molecule has 0 atom stereocenters. The van der Waals surface area contributed by atoms with Gasteiger partial charge in [0.25, 0.3) is 0 Å². The van der Waals surface area contributed by atoms with Crippen LogP contribution in [-0.4, -0.2) is 35.0 Å². The summed E-state index contributed by atoms with van der Waals surface area (Å²) < 4.78 is 26.7. The molecule has 0 aliphatic rings. The van der Waals surface area contributed by atoms with Crippen LogP contribution in [-0.2, 0) is 21.4 Å². The van der Waals surface area contributed by atoms with Crippen LogP contribution in [0.25, 0.3) is 0 Å². The predicted molar refractivity (Wildman–Crippen MR) is 104 cm³/mol. The zero-order valence-electron chi connectivity index (χ0n) is 14.7. The first kappa shape index (κ1) is 20.2. The van der Waals surface area contributed by atoms with E-state index in [2.05, 4.69) is 10.0 Å². The number of rotatable bonds is 8. The van der Waals surface area contributed by atoms with Gasteiger partial charge in [-0.2, -0.15) is 0 Å². The van der Waals surface area contributed by atoms with Gasteiger partial charge in [-0.05, 0) is 35.9 Å². The largest absolute Gasteiger partial charge is 0.378 e. The first-order valence-electron chi connectivity index (χ1n) is 8.06. The van der Waals surface area contributed by atoms with E-state index in [0.717, 1.165) is 11.3 Å². The Balaban J connectivity index is 1.81. The number of benzene rings is 2. The summed E-state index contributed by atoms with van der Waals surface area (Å²) in [6.45, 7) is 0.403. The Labute approximate surface area is 159 Å². The van der Waals surface area contributed by atoms with Crippen molar-refractivity contribution in [1.82, 2.24) is 10.0 Å². The van der Waals surface area contributed by atoms with Gasteiger partial charge in [0.1, 0.15) is 0 Å². The number of carbonyl (C=O) groups excluding carboxylic acids is 1. The summed E-state index contributed by atoms with van der Waals surface area (Å²) in [7, 11) is 0.216. The molecule has 2 N–H and O–H groups in total. The Morgan fingerprint density at radius 3 is 2.54 bits per heavy atom. The Morgan fingerprint density at radius 1 is 1.12 bits per heavy atom. The summed E-state index contributed by atoms with van der Waals surface area (Å²) in [6, 6.07) is 13.8. The molecule has 0 fully saturated rings. The van der Waals surface area contributed by atoms with Crippen LogP contribution in [0.15, 0.2) is 53.4 Å². The summed E-state index contributed by atoms with van der Waals surface area (Å²) in [5, 5.41) is 3.13. The van der Waals surface area contributed by atoms with Crippen LogP contribution in [0.4, 0.5) is 5.69 Å². The quantitative estimate of drug-likeness (QED) is 0.719.